The Balaban J connectivity index is 2.11. The molecule has 1 nitrogen and oxygen atoms in total. The third-order valence-electron chi connectivity index (χ3n) is 5.98. The minimum Gasteiger partial charge on any atom is -0.497 e. The van der Waals surface area contributed by atoms with Crippen molar-refractivity contribution in [3.63, 3.8) is 0 Å². The Hall–Kier alpha value is -4.14. The summed E-state index contributed by atoms with van der Waals surface area (Å²) in [7, 11) is 1.41. The van der Waals surface area contributed by atoms with E-state index in [1.165, 1.54) is 43.5 Å². The largest absolute Gasteiger partial charge is 0.497 e. The van der Waals surface area contributed by atoms with Crippen LogP contribution in [0, 0.1) is 46.5 Å². The van der Waals surface area contributed by atoms with Crippen molar-refractivity contribution < 1.29 is 39.9 Å². The minimum atomic E-state index is -2.44. The third kappa shape index (κ3) is 3.30. The Labute approximate surface area is 198 Å². The zero-order valence-electron chi connectivity index (χ0n) is 18.1. The van der Waals surface area contributed by atoms with Gasteiger partial charge in [0.2, 0.25) is 5.82 Å². The molecule has 5 aromatic carbocycles. The lowest BCUT2D eigenvalue weighted by atomic mass is 9.85. The smallest absolute Gasteiger partial charge is 0.200 e. The fraction of sp³-hybridized carbons (Fsp3) is 0.0370. The third-order valence-corrected chi connectivity index (χ3v) is 5.98. The van der Waals surface area contributed by atoms with E-state index in [2.05, 4.69) is 0 Å². The lowest BCUT2D eigenvalue weighted by Crippen LogP contribution is -2.06. The number of benzene rings is 5. The molecular weight excluding hydrogens is 492 g/mol. The van der Waals surface area contributed by atoms with Gasteiger partial charge in [-0.05, 0) is 41.3 Å². The van der Waals surface area contributed by atoms with E-state index in [-0.39, 0.29) is 16.5 Å². The number of rotatable bonds is 3. The van der Waals surface area contributed by atoms with Gasteiger partial charge in [0.15, 0.2) is 23.3 Å². The zero-order valence-corrected chi connectivity index (χ0v) is 18.1. The fourth-order valence-electron chi connectivity index (χ4n) is 4.42. The van der Waals surface area contributed by atoms with Gasteiger partial charge in [0.05, 0.1) is 12.7 Å². The molecule has 0 atom stereocenters. The standard InChI is InChI=1S/C27H12F8O/c1-36-12-7-5-11(6-8-12)17-13-3-2-4-14(28)18(13)21(20-16(30)10-9-15(29)19(17)20)22-23(31)25(33)27(35)26(34)24(22)32/h2-10H,1H3. The van der Waals surface area contributed by atoms with Gasteiger partial charge in [-0.2, -0.15) is 0 Å². The highest BCUT2D eigenvalue weighted by atomic mass is 19.2. The summed E-state index contributed by atoms with van der Waals surface area (Å²) in [6.45, 7) is 0. The number of halogens is 8. The van der Waals surface area contributed by atoms with Gasteiger partial charge in [0.1, 0.15) is 23.2 Å². The first-order chi connectivity index (χ1) is 17.2. The van der Waals surface area contributed by atoms with Gasteiger partial charge >= 0.3 is 0 Å². The maximum Gasteiger partial charge on any atom is 0.200 e. The Morgan fingerprint density at radius 1 is 0.472 bits per heavy atom. The Morgan fingerprint density at radius 3 is 1.53 bits per heavy atom. The molecule has 182 valence electrons. The molecule has 0 heterocycles. The van der Waals surface area contributed by atoms with Crippen molar-refractivity contribution in [1.29, 1.82) is 0 Å². The summed E-state index contributed by atoms with van der Waals surface area (Å²) in [5, 5.41) is -2.17. The molecule has 0 unspecified atom stereocenters. The van der Waals surface area contributed by atoms with Crippen LogP contribution in [-0.4, -0.2) is 7.11 Å². The van der Waals surface area contributed by atoms with Crippen LogP contribution in [0.3, 0.4) is 0 Å². The molecule has 0 amide bonds. The van der Waals surface area contributed by atoms with E-state index in [1.807, 2.05) is 0 Å². The first-order valence-electron chi connectivity index (χ1n) is 10.4. The first kappa shape index (κ1) is 23.6. The average molecular weight is 504 g/mol. The quantitative estimate of drug-likeness (QED) is 0.104. The number of methoxy groups -OCH3 is 1. The molecule has 0 aliphatic rings. The fourth-order valence-corrected chi connectivity index (χ4v) is 4.42. The van der Waals surface area contributed by atoms with E-state index in [0.717, 1.165) is 12.1 Å². The van der Waals surface area contributed by atoms with Crippen LogP contribution in [0.4, 0.5) is 35.1 Å². The molecule has 0 saturated heterocycles. The van der Waals surface area contributed by atoms with Gasteiger partial charge in [-0.25, -0.2) is 35.1 Å². The molecule has 5 rings (SSSR count). The van der Waals surface area contributed by atoms with Gasteiger partial charge in [0, 0.05) is 27.3 Å². The summed E-state index contributed by atoms with van der Waals surface area (Å²) in [6, 6.07) is 10.7. The molecule has 0 aliphatic carbocycles. The molecule has 0 spiro atoms. The summed E-state index contributed by atoms with van der Waals surface area (Å²) >= 11 is 0. The Kier molecular flexibility index (Phi) is 5.58. The van der Waals surface area contributed by atoms with E-state index in [9.17, 15) is 22.0 Å². The van der Waals surface area contributed by atoms with E-state index in [1.54, 1.807) is 0 Å². The van der Waals surface area contributed by atoms with Crippen LogP contribution in [0.15, 0.2) is 54.6 Å². The summed E-state index contributed by atoms with van der Waals surface area (Å²) < 4.78 is 123. The zero-order chi connectivity index (χ0) is 25.9. The molecule has 0 N–H and O–H groups in total. The van der Waals surface area contributed by atoms with Crippen molar-refractivity contribution >= 4 is 21.5 Å². The molecule has 0 radical (unpaired) electrons. The van der Waals surface area contributed by atoms with Crippen molar-refractivity contribution in [3.8, 4) is 28.0 Å². The lowest BCUT2D eigenvalue weighted by molar-refractivity contribution is 0.381. The summed E-state index contributed by atoms with van der Waals surface area (Å²) in [5.41, 5.74) is -2.37. The molecule has 0 aliphatic heterocycles. The van der Waals surface area contributed by atoms with Gasteiger partial charge in [-0.15, -0.1) is 0 Å². The van der Waals surface area contributed by atoms with Crippen molar-refractivity contribution in [1.82, 2.24) is 0 Å². The highest BCUT2D eigenvalue weighted by Gasteiger charge is 2.32. The van der Waals surface area contributed by atoms with Crippen LogP contribution in [0.2, 0.25) is 0 Å². The van der Waals surface area contributed by atoms with Crippen LogP contribution in [0.25, 0.3) is 43.8 Å². The van der Waals surface area contributed by atoms with Crippen molar-refractivity contribution in [3.05, 3.63) is 101 Å². The minimum absolute atomic E-state index is 0.0493. The SMILES string of the molecule is COc1ccc(-c2c3cccc(F)c3c(-c3c(F)c(F)c(F)c(F)c3F)c3c(F)ccc(F)c23)cc1. The summed E-state index contributed by atoms with van der Waals surface area (Å²) in [6.07, 6.45) is 0. The predicted molar refractivity (Wildman–Crippen MR) is 119 cm³/mol. The molecule has 36 heavy (non-hydrogen) atoms. The van der Waals surface area contributed by atoms with E-state index in [4.69, 9.17) is 4.74 Å². The summed E-state index contributed by atoms with van der Waals surface area (Å²) in [5.74, 6) is -14.7. The van der Waals surface area contributed by atoms with Crippen LogP contribution < -0.4 is 4.74 Å². The highest BCUT2D eigenvalue weighted by Crippen LogP contribution is 2.48. The molecular formula is C27H12F8O. The number of ether oxygens (including phenoxy) is 1. The molecule has 0 bridgehead atoms. The summed E-state index contributed by atoms with van der Waals surface area (Å²) in [4.78, 5) is 0. The molecule has 0 saturated carbocycles. The second kappa shape index (κ2) is 8.51. The second-order valence-electron chi connectivity index (χ2n) is 7.87. The van der Waals surface area contributed by atoms with Gasteiger partial charge in [-0.3, -0.25) is 0 Å². The van der Waals surface area contributed by atoms with Crippen LogP contribution in [-0.2, 0) is 0 Å². The van der Waals surface area contributed by atoms with Crippen molar-refractivity contribution in [2.45, 2.75) is 0 Å². The predicted octanol–water partition coefficient (Wildman–Crippen LogP) is 8.45. The van der Waals surface area contributed by atoms with Gasteiger partial charge in [0.25, 0.3) is 0 Å². The highest BCUT2D eigenvalue weighted by molar-refractivity contribution is 6.22. The Bertz CT molecular complexity index is 1660. The van der Waals surface area contributed by atoms with Gasteiger partial charge < -0.3 is 4.74 Å². The molecule has 9 heteroatoms. The second-order valence-corrected chi connectivity index (χ2v) is 7.87. The molecule has 5 aromatic rings. The average Bonchev–Trinajstić information content (AvgIpc) is 2.88. The maximum absolute atomic E-state index is 15.3. The normalized spacial score (nSPS) is 11.5. The van der Waals surface area contributed by atoms with Crippen LogP contribution in [0.1, 0.15) is 0 Å². The monoisotopic (exact) mass is 504 g/mol. The van der Waals surface area contributed by atoms with Crippen LogP contribution in [0.5, 0.6) is 5.75 Å². The number of fused-ring (bicyclic) bond motifs is 2. The first-order valence-corrected chi connectivity index (χ1v) is 10.4. The van der Waals surface area contributed by atoms with E-state index < -0.39 is 73.8 Å². The number of hydrogen-bond acceptors (Lipinski definition) is 1. The maximum atomic E-state index is 15.3. The topological polar surface area (TPSA) is 9.23 Å². The van der Waals surface area contributed by atoms with E-state index in [0.29, 0.717) is 11.8 Å². The van der Waals surface area contributed by atoms with Crippen molar-refractivity contribution in [2.24, 2.45) is 0 Å². The van der Waals surface area contributed by atoms with Crippen LogP contribution >= 0.6 is 0 Å². The number of hydrogen-bond donors (Lipinski definition) is 0. The van der Waals surface area contributed by atoms with E-state index >= 15 is 13.2 Å². The van der Waals surface area contributed by atoms with Crippen molar-refractivity contribution in [2.75, 3.05) is 7.11 Å². The van der Waals surface area contributed by atoms with Gasteiger partial charge in [-0.1, -0.05) is 24.3 Å². The molecule has 0 aromatic heterocycles. The molecule has 0 fully saturated rings. The lowest BCUT2D eigenvalue weighted by Gasteiger charge is -2.20. The Morgan fingerprint density at radius 2 is 0.972 bits per heavy atom.